The summed E-state index contributed by atoms with van der Waals surface area (Å²) in [6.45, 7) is 0.644. The molecule has 4 rings (SSSR count). The number of nitrogens with one attached hydrogen (secondary N) is 1. The Balaban J connectivity index is 1.59. The van der Waals surface area contributed by atoms with Crippen molar-refractivity contribution in [3.63, 3.8) is 0 Å². The second-order valence-corrected chi connectivity index (χ2v) is 5.98. The fourth-order valence-corrected chi connectivity index (χ4v) is 2.83. The largest absolute Gasteiger partial charge is 0.463 e. The Bertz CT molecular complexity index is 852. The summed E-state index contributed by atoms with van der Waals surface area (Å²) in [5.41, 5.74) is 4.16. The lowest BCUT2D eigenvalue weighted by molar-refractivity contribution is -0.186. The second kappa shape index (κ2) is 7.55. The van der Waals surface area contributed by atoms with Crippen LogP contribution in [0.3, 0.4) is 0 Å². The Morgan fingerprint density at radius 3 is 2.81 bits per heavy atom. The van der Waals surface area contributed by atoms with Gasteiger partial charge in [0.25, 0.3) is 5.91 Å². The molecule has 3 heterocycles. The third kappa shape index (κ3) is 3.54. The number of aromatic nitrogens is 2. The fraction of sp³-hybridized carbons (Fsp3) is 0.263. The Morgan fingerprint density at radius 2 is 2.08 bits per heavy atom. The molecule has 1 unspecified atom stereocenters. The maximum atomic E-state index is 12.7. The summed E-state index contributed by atoms with van der Waals surface area (Å²) < 4.78 is 12.4. The molecule has 2 aromatic heterocycles. The van der Waals surface area contributed by atoms with Crippen molar-refractivity contribution in [3.8, 4) is 17.1 Å². The van der Waals surface area contributed by atoms with Gasteiger partial charge in [-0.05, 0) is 37.1 Å². The minimum atomic E-state index is -0.412. The van der Waals surface area contributed by atoms with Gasteiger partial charge in [-0.1, -0.05) is 18.2 Å². The molecule has 0 bridgehead atoms. The minimum Gasteiger partial charge on any atom is -0.463 e. The third-order valence-electron chi connectivity index (χ3n) is 4.14. The molecule has 7 heteroatoms. The monoisotopic (exact) mass is 353 g/mol. The number of para-hydroxylation sites is 1. The Hall–Kier alpha value is -2.90. The van der Waals surface area contributed by atoms with Crippen LogP contribution >= 0.6 is 0 Å². The van der Waals surface area contributed by atoms with Crippen LogP contribution in [-0.4, -0.2) is 28.6 Å². The normalized spacial score (nSPS) is 17.2. The molecule has 1 aromatic carbocycles. The molecule has 0 spiro atoms. The maximum Gasteiger partial charge on any atom is 0.293 e. The number of hydroxylamine groups is 1. The number of rotatable bonds is 5. The van der Waals surface area contributed by atoms with E-state index in [9.17, 15) is 4.79 Å². The van der Waals surface area contributed by atoms with E-state index in [4.69, 9.17) is 14.0 Å². The molecule has 1 atom stereocenters. The van der Waals surface area contributed by atoms with Gasteiger partial charge in [-0.25, -0.2) is 15.0 Å². The van der Waals surface area contributed by atoms with Crippen LogP contribution in [0.1, 0.15) is 29.8 Å². The first-order valence-corrected chi connectivity index (χ1v) is 8.58. The van der Waals surface area contributed by atoms with E-state index in [0.717, 1.165) is 24.9 Å². The highest BCUT2D eigenvalue weighted by molar-refractivity contribution is 5.93. The lowest BCUT2D eigenvalue weighted by Crippen LogP contribution is -2.34. The molecule has 3 aromatic rings. The van der Waals surface area contributed by atoms with Gasteiger partial charge in [0, 0.05) is 19.1 Å². The molecule has 0 radical (unpaired) electrons. The number of carbonyl (C=O) groups is 1. The lowest BCUT2D eigenvalue weighted by atomic mass is 10.2. The molecule has 1 aliphatic heterocycles. The molecular weight excluding hydrogens is 334 g/mol. The Labute approximate surface area is 150 Å². The summed E-state index contributed by atoms with van der Waals surface area (Å²) in [5.74, 6) is 0.193. The van der Waals surface area contributed by atoms with E-state index in [2.05, 4.69) is 10.6 Å². The van der Waals surface area contributed by atoms with Crippen molar-refractivity contribution in [1.82, 2.24) is 15.3 Å². The van der Waals surface area contributed by atoms with Gasteiger partial charge < -0.3 is 9.15 Å². The highest BCUT2D eigenvalue weighted by Gasteiger charge is 2.21. The minimum absolute atomic E-state index is 0.346. The van der Waals surface area contributed by atoms with Crippen LogP contribution in [0.5, 0.6) is 0 Å². The van der Waals surface area contributed by atoms with E-state index in [1.54, 1.807) is 29.1 Å². The van der Waals surface area contributed by atoms with Gasteiger partial charge in [0.2, 0.25) is 0 Å². The van der Waals surface area contributed by atoms with Crippen molar-refractivity contribution in [2.45, 2.75) is 25.6 Å². The second-order valence-electron chi connectivity index (χ2n) is 5.98. The first-order chi connectivity index (χ1) is 12.8. The number of hydrogen-bond donors (Lipinski definition) is 1. The highest BCUT2D eigenvalue weighted by atomic mass is 16.8. The standard InChI is InChI=1S/C19H19N3O4/c23-19(21-26-18-10-4-5-11-25-18)16-13-15(17-9-6-12-24-17)20-22(16)14-7-2-1-3-8-14/h1-3,6-9,12-13,18H,4-5,10-11H2,(H,21,23). The molecular formula is C19H19N3O4. The van der Waals surface area contributed by atoms with Crippen LogP contribution in [0.2, 0.25) is 0 Å². The van der Waals surface area contributed by atoms with Gasteiger partial charge in [0.05, 0.1) is 12.0 Å². The summed E-state index contributed by atoms with van der Waals surface area (Å²) in [6.07, 6.45) is 3.95. The van der Waals surface area contributed by atoms with E-state index in [-0.39, 0.29) is 0 Å². The van der Waals surface area contributed by atoms with E-state index in [1.807, 2.05) is 30.3 Å². The number of nitrogens with zero attached hydrogens (tertiary/aromatic N) is 2. The summed E-state index contributed by atoms with van der Waals surface area (Å²) in [5, 5.41) is 4.51. The predicted molar refractivity (Wildman–Crippen MR) is 93.4 cm³/mol. The van der Waals surface area contributed by atoms with Gasteiger partial charge in [0.15, 0.2) is 12.1 Å². The first kappa shape index (κ1) is 16.6. The van der Waals surface area contributed by atoms with Gasteiger partial charge in [-0.3, -0.25) is 4.79 Å². The van der Waals surface area contributed by atoms with Crippen LogP contribution in [0.4, 0.5) is 0 Å². The zero-order valence-electron chi connectivity index (χ0n) is 14.1. The number of furan rings is 1. The average molecular weight is 353 g/mol. The molecule has 1 saturated heterocycles. The first-order valence-electron chi connectivity index (χ1n) is 8.58. The zero-order chi connectivity index (χ0) is 17.8. The molecule has 1 fully saturated rings. The van der Waals surface area contributed by atoms with E-state index >= 15 is 0 Å². The average Bonchev–Trinajstić information content (AvgIpc) is 3.37. The van der Waals surface area contributed by atoms with E-state index in [1.165, 1.54) is 0 Å². The van der Waals surface area contributed by atoms with Crippen LogP contribution in [0.15, 0.2) is 59.2 Å². The van der Waals surface area contributed by atoms with Crippen molar-refractivity contribution in [2.75, 3.05) is 6.61 Å². The highest BCUT2D eigenvalue weighted by Crippen LogP contribution is 2.22. The van der Waals surface area contributed by atoms with E-state index < -0.39 is 12.2 Å². The summed E-state index contributed by atoms with van der Waals surface area (Å²) >= 11 is 0. The molecule has 1 amide bonds. The zero-order valence-corrected chi connectivity index (χ0v) is 14.1. The number of ether oxygens (including phenoxy) is 1. The summed E-state index contributed by atoms with van der Waals surface area (Å²) in [7, 11) is 0. The van der Waals surface area contributed by atoms with Crippen LogP contribution in [0, 0.1) is 0 Å². The van der Waals surface area contributed by atoms with Crippen LogP contribution in [-0.2, 0) is 9.57 Å². The number of benzene rings is 1. The maximum absolute atomic E-state index is 12.7. The topological polar surface area (TPSA) is 78.5 Å². The summed E-state index contributed by atoms with van der Waals surface area (Å²) in [6, 6.07) is 14.7. The predicted octanol–water partition coefficient (Wildman–Crippen LogP) is 3.32. The number of hydrogen-bond acceptors (Lipinski definition) is 5. The van der Waals surface area contributed by atoms with Crippen LogP contribution < -0.4 is 5.48 Å². The van der Waals surface area contributed by atoms with Gasteiger partial charge in [0.1, 0.15) is 11.4 Å². The fourth-order valence-electron chi connectivity index (χ4n) is 2.83. The lowest BCUT2D eigenvalue weighted by Gasteiger charge is -2.22. The SMILES string of the molecule is O=C(NOC1CCCCO1)c1cc(-c2ccco2)nn1-c1ccccc1. The molecule has 26 heavy (non-hydrogen) atoms. The molecule has 0 aliphatic carbocycles. The Kier molecular flexibility index (Phi) is 4.81. The van der Waals surface area contributed by atoms with E-state index in [0.29, 0.717) is 23.8 Å². The van der Waals surface area contributed by atoms with Crippen molar-refractivity contribution in [2.24, 2.45) is 0 Å². The smallest absolute Gasteiger partial charge is 0.293 e. The molecule has 0 saturated carbocycles. The quantitative estimate of drug-likeness (QED) is 0.712. The molecule has 1 aliphatic rings. The van der Waals surface area contributed by atoms with Crippen molar-refractivity contribution >= 4 is 5.91 Å². The number of amides is 1. The number of carbonyl (C=O) groups excluding carboxylic acids is 1. The molecule has 1 N–H and O–H groups in total. The third-order valence-corrected chi connectivity index (χ3v) is 4.14. The van der Waals surface area contributed by atoms with Crippen molar-refractivity contribution in [3.05, 3.63) is 60.5 Å². The molecule has 134 valence electrons. The Morgan fingerprint density at radius 1 is 1.19 bits per heavy atom. The van der Waals surface area contributed by atoms with Gasteiger partial charge in [-0.2, -0.15) is 5.10 Å². The van der Waals surface area contributed by atoms with Crippen molar-refractivity contribution in [1.29, 1.82) is 0 Å². The van der Waals surface area contributed by atoms with Crippen LogP contribution in [0.25, 0.3) is 17.1 Å². The summed E-state index contributed by atoms with van der Waals surface area (Å²) in [4.78, 5) is 18.1. The van der Waals surface area contributed by atoms with Crippen molar-refractivity contribution < 1.29 is 18.8 Å². The van der Waals surface area contributed by atoms with Gasteiger partial charge >= 0.3 is 0 Å². The molecule has 7 nitrogen and oxygen atoms in total. The van der Waals surface area contributed by atoms with Gasteiger partial charge in [-0.15, -0.1) is 0 Å².